The fraction of sp³-hybridized carbons (Fsp3) is 0.417. The number of nitrogens with one attached hydrogen (secondary N) is 1. The van der Waals surface area contributed by atoms with Gasteiger partial charge in [0.15, 0.2) is 18.2 Å². The van der Waals surface area contributed by atoms with Crippen molar-refractivity contribution in [3.63, 3.8) is 0 Å². The molecule has 2 aliphatic heterocycles. The van der Waals surface area contributed by atoms with Gasteiger partial charge < -0.3 is 34.1 Å². The molecule has 2 heterocycles. The second-order valence-corrected chi connectivity index (χ2v) is 8.15. The molecule has 6 atom stereocenters. The first-order valence-corrected chi connectivity index (χ1v) is 10.7. The summed E-state index contributed by atoms with van der Waals surface area (Å²) in [6.07, 6.45) is -4.83. The van der Waals surface area contributed by atoms with E-state index in [0.717, 1.165) is 11.1 Å². The van der Waals surface area contributed by atoms with Crippen LogP contribution in [0.15, 0.2) is 60.7 Å². The molecule has 2 saturated heterocycles. The van der Waals surface area contributed by atoms with Gasteiger partial charge in [0.1, 0.15) is 18.2 Å². The van der Waals surface area contributed by atoms with E-state index >= 15 is 0 Å². The van der Waals surface area contributed by atoms with Crippen molar-refractivity contribution >= 4 is 12.1 Å². The molecule has 2 aliphatic rings. The maximum Gasteiger partial charge on any atom is 0.506 e. The third-order valence-electron chi connectivity index (χ3n) is 5.70. The lowest BCUT2D eigenvalue weighted by molar-refractivity contribution is -0.378. The number of hydrogen-bond acceptors (Lipinski definition) is 7. The number of carbonyl (C=O) groups is 2. The summed E-state index contributed by atoms with van der Waals surface area (Å²) in [6.45, 7) is 3.28. The highest BCUT2D eigenvalue weighted by atomic mass is 16.8. The summed E-state index contributed by atoms with van der Waals surface area (Å²) in [5.41, 5.74) is 1.66. The van der Waals surface area contributed by atoms with Crippen LogP contribution in [0, 0.1) is 0 Å². The minimum Gasteiger partial charge on any atom is -0.450 e. The predicted octanol–water partition coefficient (Wildman–Crippen LogP) is 3.00. The zero-order chi connectivity index (χ0) is 23.4. The Labute approximate surface area is 191 Å². The lowest BCUT2D eigenvalue weighted by Crippen LogP contribution is -2.72. The molecule has 0 aromatic heterocycles. The van der Waals surface area contributed by atoms with E-state index in [4.69, 9.17) is 23.7 Å². The first-order chi connectivity index (χ1) is 15.9. The van der Waals surface area contributed by atoms with Crippen LogP contribution in [0.25, 0.3) is 0 Å². The van der Waals surface area contributed by atoms with E-state index in [1.807, 2.05) is 60.7 Å². The van der Waals surface area contributed by atoms with Crippen molar-refractivity contribution in [2.45, 2.75) is 56.9 Å². The SMILES string of the molecule is CC(=O)N[C@@H]1[C@@H](OC(=O)O)[C@@H]2OC(c3ccccc3)OC[C@H]2O[C@]1(C)OCc1ccccc1. The Bertz CT molecular complexity index is 955. The topological polar surface area (TPSA) is 113 Å². The smallest absolute Gasteiger partial charge is 0.450 e. The number of amides is 1. The summed E-state index contributed by atoms with van der Waals surface area (Å²) in [7, 11) is 0. The highest BCUT2D eigenvalue weighted by Crippen LogP contribution is 2.40. The van der Waals surface area contributed by atoms with E-state index in [0.29, 0.717) is 0 Å². The quantitative estimate of drug-likeness (QED) is 0.637. The molecule has 2 aromatic carbocycles. The maximum atomic E-state index is 12.1. The molecule has 9 heteroatoms. The molecular weight excluding hydrogens is 430 g/mol. The van der Waals surface area contributed by atoms with Crippen LogP contribution in [0.3, 0.4) is 0 Å². The van der Waals surface area contributed by atoms with Crippen LogP contribution in [0.4, 0.5) is 4.79 Å². The van der Waals surface area contributed by atoms with Crippen LogP contribution in [0.1, 0.15) is 31.3 Å². The second kappa shape index (κ2) is 9.88. The van der Waals surface area contributed by atoms with E-state index in [1.165, 1.54) is 6.92 Å². The number of fused-ring (bicyclic) bond motifs is 1. The standard InChI is InChI=1S/C24H27NO8/c1-15(26)25-21-20(32-23(27)28)19-18(14-29-22(31-19)17-11-7-4-8-12-17)33-24(21,2)30-13-16-9-5-3-6-10-16/h3-12,18-22H,13-14H2,1-2H3,(H,25,26)(H,27,28)/t18-,19-,20+,21-,22?,24+/m1/s1. The summed E-state index contributed by atoms with van der Waals surface area (Å²) in [6, 6.07) is 17.7. The molecule has 2 N–H and O–H groups in total. The number of carboxylic acid groups (broad SMARTS) is 1. The van der Waals surface area contributed by atoms with E-state index in [9.17, 15) is 14.7 Å². The van der Waals surface area contributed by atoms with Crippen molar-refractivity contribution in [3.8, 4) is 0 Å². The van der Waals surface area contributed by atoms with E-state index < -0.39 is 42.6 Å². The molecule has 2 aromatic rings. The van der Waals surface area contributed by atoms with Gasteiger partial charge in [-0.3, -0.25) is 4.79 Å². The van der Waals surface area contributed by atoms with Gasteiger partial charge in [0.25, 0.3) is 0 Å². The summed E-state index contributed by atoms with van der Waals surface area (Å²) < 4.78 is 29.6. The van der Waals surface area contributed by atoms with Crippen molar-refractivity contribution in [2.75, 3.05) is 6.61 Å². The molecule has 176 valence electrons. The molecule has 0 bridgehead atoms. The molecule has 0 saturated carbocycles. The zero-order valence-electron chi connectivity index (χ0n) is 18.4. The van der Waals surface area contributed by atoms with Gasteiger partial charge in [-0.1, -0.05) is 60.7 Å². The van der Waals surface area contributed by atoms with Crippen LogP contribution in [0.5, 0.6) is 0 Å². The number of carbonyl (C=O) groups excluding carboxylic acids is 1. The summed E-state index contributed by atoms with van der Waals surface area (Å²) in [5, 5.41) is 12.2. The largest absolute Gasteiger partial charge is 0.506 e. The molecule has 0 aliphatic carbocycles. The number of benzene rings is 2. The Morgan fingerprint density at radius 2 is 1.79 bits per heavy atom. The van der Waals surface area contributed by atoms with Gasteiger partial charge in [-0.25, -0.2) is 4.79 Å². The Kier molecular flexibility index (Phi) is 6.94. The molecule has 0 spiro atoms. The van der Waals surface area contributed by atoms with Gasteiger partial charge in [0, 0.05) is 12.5 Å². The molecule has 1 amide bonds. The Morgan fingerprint density at radius 3 is 2.42 bits per heavy atom. The molecule has 33 heavy (non-hydrogen) atoms. The molecular formula is C24H27NO8. The third kappa shape index (κ3) is 5.33. The monoisotopic (exact) mass is 457 g/mol. The first kappa shape index (κ1) is 23.2. The van der Waals surface area contributed by atoms with E-state index in [-0.39, 0.29) is 19.1 Å². The molecule has 9 nitrogen and oxygen atoms in total. The fourth-order valence-electron chi connectivity index (χ4n) is 4.19. The van der Waals surface area contributed by atoms with Gasteiger partial charge in [-0.15, -0.1) is 0 Å². The van der Waals surface area contributed by atoms with Gasteiger partial charge >= 0.3 is 6.16 Å². The fourth-order valence-corrected chi connectivity index (χ4v) is 4.19. The van der Waals surface area contributed by atoms with Gasteiger partial charge in [-0.2, -0.15) is 0 Å². The average Bonchev–Trinajstić information content (AvgIpc) is 2.81. The summed E-state index contributed by atoms with van der Waals surface area (Å²) >= 11 is 0. The van der Waals surface area contributed by atoms with Crippen molar-refractivity contribution in [1.82, 2.24) is 5.32 Å². The summed E-state index contributed by atoms with van der Waals surface area (Å²) in [4.78, 5) is 23.7. The Hall–Kier alpha value is -2.98. The predicted molar refractivity (Wildman–Crippen MR) is 115 cm³/mol. The van der Waals surface area contributed by atoms with Crippen LogP contribution in [-0.2, 0) is 35.1 Å². The van der Waals surface area contributed by atoms with Gasteiger partial charge in [0.05, 0.1) is 13.2 Å². The van der Waals surface area contributed by atoms with Crippen LogP contribution in [-0.4, -0.2) is 53.9 Å². The Morgan fingerprint density at radius 1 is 1.12 bits per heavy atom. The van der Waals surface area contributed by atoms with E-state index in [1.54, 1.807) is 6.92 Å². The zero-order valence-corrected chi connectivity index (χ0v) is 18.4. The van der Waals surface area contributed by atoms with Gasteiger partial charge in [0.2, 0.25) is 5.91 Å². The minimum atomic E-state index is -1.49. The molecule has 2 fully saturated rings. The average molecular weight is 457 g/mol. The lowest BCUT2D eigenvalue weighted by Gasteiger charge is -2.52. The van der Waals surface area contributed by atoms with E-state index in [2.05, 4.69) is 5.32 Å². The van der Waals surface area contributed by atoms with Crippen LogP contribution in [0.2, 0.25) is 0 Å². The third-order valence-corrected chi connectivity index (χ3v) is 5.70. The summed E-state index contributed by atoms with van der Waals surface area (Å²) in [5.74, 6) is -1.79. The normalized spacial score (nSPS) is 31.3. The highest BCUT2D eigenvalue weighted by molar-refractivity contribution is 5.73. The van der Waals surface area contributed by atoms with Crippen molar-refractivity contribution in [2.24, 2.45) is 0 Å². The van der Waals surface area contributed by atoms with Crippen LogP contribution >= 0.6 is 0 Å². The molecule has 1 unspecified atom stereocenters. The second-order valence-electron chi connectivity index (χ2n) is 8.15. The number of rotatable bonds is 6. The maximum absolute atomic E-state index is 12.1. The minimum absolute atomic E-state index is 0.126. The highest BCUT2D eigenvalue weighted by Gasteiger charge is 2.58. The van der Waals surface area contributed by atoms with Crippen molar-refractivity contribution < 1.29 is 38.4 Å². The molecule has 0 radical (unpaired) electrons. The number of ether oxygens (including phenoxy) is 5. The first-order valence-electron chi connectivity index (χ1n) is 10.7. The van der Waals surface area contributed by atoms with Gasteiger partial charge in [-0.05, 0) is 12.5 Å². The number of hydrogen-bond donors (Lipinski definition) is 2. The molecule has 4 rings (SSSR count). The van der Waals surface area contributed by atoms with Crippen LogP contribution < -0.4 is 5.32 Å². The Balaban J connectivity index is 1.62. The van der Waals surface area contributed by atoms with Crippen molar-refractivity contribution in [3.05, 3.63) is 71.8 Å². The van der Waals surface area contributed by atoms with Crippen molar-refractivity contribution in [1.29, 1.82) is 0 Å². The lowest BCUT2D eigenvalue weighted by atomic mass is 9.89.